The molecule has 0 aliphatic carbocycles. The zero-order chi connectivity index (χ0) is 13.2. The molecule has 19 heavy (non-hydrogen) atoms. The van der Waals surface area contributed by atoms with Crippen molar-refractivity contribution in [1.82, 2.24) is 14.9 Å². The summed E-state index contributed by atoms with van der Waals surface area (Å²) in [7, 11) is 0. The highest BCUT2D eigenvalue weighted by Gasteiger charge is 2.17. The molecule has 2 heterocycles. The number of nitrogens with zero attached hydrogens (tertiary/aromatic N) is 2. The first-order valence-corrected chi connectivity index (χ1v) is 7.22. The van der Waals surface area contributed by atoms with Gasteiger partial charge < -0.3 is 9.88 Å². The van der Waals surface area contributed by atoms with Gasteiger partial charge in [0.05, 0.1) is 5.69 Å². The van der Waals surface area contributed by atoms with Gasteiger partial charge in [0.25, 0.3) is 0 Å². The molecule has 5 heteroatoms. The summed E-state index contributed by atoms with van der Waals surface area (Å²) in [6.07, 6.45) is 1.76. The molecule has 1 aromatic carbocycles. The van der Waals surface area contributed by atoms with E-state index in [-0.39, 0.29) is 5.82 Å². The van der Waals surface area contributed by atoms with Gasteiger partial charge in [-0.15, -0.1) is 0 Å². The summed E-state index contributed by atoms with van der Waals surface area (Å²) in [5.41, 5.74) is 2.36. The van der Waals surface area contributed by atoms with Crippen molar-refractivity contribution < 1.29 is 4.39 Å². The Morgan fingerprint density at radius 1 is 1.26 bits per heavy atom. The van der Waals surface area contributed by atoms with E-state index < -0.39 is 0 Å². The predicted octanol–water partition coefficient (Wildman–Crippen LogP) is 2.67. The van der Waals surface area contributed by atoms with Crippen LogP contribution in [0.1, 0.15) is 17.1 Å². The third-order valence-corrected chi connectivity index (χ3v) is 4.09. The molecule has 0 atom stereocenters. The quantitative estimate of drug-likeness (QED) is 0.941. The van der Waals surface area contributed by atoms with Gasteiger partial charge in [0.1, 0.15) is 16.2 Å². The van der Waals surface area contributed by atoms with Crippen molar-refractivity contribution in [2.24, 2.45) is 0 Å². The third kappa shape index (κ3) is 2.72. The molecular formula is C14H15BrFN3. The third-order valence-electron chi connectivity index (χ3n) is 3.46. The van der Waals surface area contributed by atoms with Crippen LogP contribution in [0, 0.1) is 5.82 Å². The molecule has 3 rings (SSSR count). The van der Waals surface area contributed by atoms with E-state index in [1.54, 1.807) is 0 Å². The second kappa shape index (κ2) is 5.43. The van der Waals surface area contributed by atoms with E-state index in [2.05, 4.69) is 30.8 Å². The molecule has 2 aromatic rings. The van der Waals surface area contributed by atoms with Gasteiger partial charge in [-0.05, 0) is 40.0 Å². The summed E-state index contributed by atoms with van der Waals surface area (Å²) in [5, 5.41) is 3.34. The lowest BCUT2D eigenvalue weighted by molar-refractivity contribution is 0.499. The molecule has 0 bridgehead atoms. The number of fused-ring (bicyclic) bond motifs is 1. The number of rotatable bonds is 3. The van der Waals surface area contributed by atoms with E-state index in [1.165, 1.54) is 17.8 Å². The summed E-state index contributed by atoms with van der Waals surface area (Å²) in [4.78, 5) is 4.59. The van der Waals surface area contributed by atoms with Gasteiger partial charge in [-0.2, -0.15) is 0 Å². The van der Waals surface area contributed by atoms with E-state index in [0.29, 0.717) is 0 Å². The Balaban J connectivity index is 1.75. The average molecular weight is 324 g/mol. The van der Waals surface area contributed by atoms with Crippen LogP contribution in [0.15, 0.2) is 28.9 Å². The molecule has 1 aliphatic heterocycles. The van der Waals surface area contributed by atoms with Gasteiger partial charge in [-0.1, -0.05) is 12.1 Å². The van der Waals surface area contributed by atoms with E-state index in [1.807, 2.05) is 12.1 Å². The fourth-order valence-corrected chi connectivity index (χ4v) is 2.99. The maximum Gasteiger partial charge on any atom is 0.128 e. The number of aryl methyl sites for hydroxylation is 2. The summed E-state index contributed by atoms with van der Waals surface area (Å²) >= 11 is 3.52. The SMILES string of the molecule is Fc1ccc(CCc2nc(Br)c3n2CCNC3)cc1. The summed E-state index contributed by atoms with van der Waals surface area (Å²) in [6.45, 7) is 2.82. The molecule has 0 saturated carbocycles. The number of aromatic nitrogens is 2. The predicted molar refractivity (Wildman–Crippen MR) is 75.4 cm³/mol. The van der Waals surface area contributed by atoms with Gasteiger partial charge in [-0.3, -0.25) is 0 Å². The molecule has 100 valence electrons. The highest BCUT2D eigenvalue weighted by Crippen LogP contribution is 2.21. The van der Waals surface area contributed by atoms with Crippen LogP contribution < -0.4 is 5.32 Å². The second-order valence-electron chi connectivity index (χ2n) is 4.72. The Labute approximate surface area is 120 Å². The van der Waals surface area contributed by atoms with Crippen molar-refractivity contribution in [2.45, 2.75) is 25.9 Å². The standard InChI is InChI=1S/C14H15BrFN3/c15-14-12-9-17-7-8-19(12)13(18-14)6-3-10-1-4-11(16)5-2-10/h1-2,4-5,17H,3,6-9H2. The highest BCUT2D eigenvalue weighted by molar-refractivity contribution is 9.10. The molecule has 0 radical (unpaired) electrons. The van der Waals surface area contributed by atoms with Gasteiger partial charge in [0.2, 0.25) is 0 Å². The van der Waals surface area contributed by atoms with Crippen LogP contribution in [-0.2, 0) is 25.9 Å². The smallest absolute Gasteiger partial charge is 0.128 e. The van der Waals surface area contributed by atoms with Crippen LogP contribution in [0.5, 0.6) is 0 Å². The van der Waals surface area contributed by atoms with Crippen LogP contribution in [0.25, 0.3) is 0 Å². The molecule has 0 spiro atoms. The molecule has 1 aromatic heterocycles. The lowest BCUT2D eigenvalue weighted by Gasteiger charge is -2.18. The van der Waals surface area contributed by atoms with Crippen LogP contribution >= 0.6 is 15.9 Å². The summed E-state index contributed by atoms with van der Waals surface area (Å²) < 4.78 is 16.1. The molecular weight excluding hydrogens is 309 g/mol. The Morgan fingerprint density at radius 3 is 2.84 bits per heavy atom. The summed E-state index contributed by atoms with van der Waals surface area (Å²) in [5.74, 6) is 0.920. The van der Waals surface area contributed by atoms with Gasteiger partial charge in [0.15, 0.2) is 0 Å². The maximum absolute atomic E-state index is 12.8. The minimum Gasteiger partial charge on any atom is -0.329 e. The number of imidazole rings is 1. The molecule has 0 saturated heterocycles. The van der Waals surface area contributed by atoms with Crippen molar-refractivity contribution in [2.75, 3.05) is 6.54 Å². The van der Waals surface area contributed by atoms with E-state index in [9.17, 15) is 4.39 Å². The topological polar surface area (TPSA) is 29.9 Å². The number of hydrogen-bond acceptors (Lipinski definition) is 2. The average Bonchev–Trinajstić information content (AvgIpc) is 2.76. The normalized spacial score (nSPS) is 14.4. The lowest BCUT2D eigenvalue weighted by atomic mass is 10.1. The molecule has 0 unspecified atom stereocenters. The molecule has 0 fully saturated rings. The molecule has 1 N–H and O–H groups in total. The van der Waals surface area contributed by atoms with E-state index >= 15 is 0 Å². The molecule has 3 nitrogen and oxygen atoms in total. The van der Waals surface area contributed by atoms with Crippen molar-refractivity contribution >= 4 is 15.9 Å². The number of benzene rings is 1. The highest BCUT2D eigenvalue weighted by atomic mass is 79.9. The van der Waals surface area contributed by atoms with Gasteiger partial charge in [-0.25, -0.2) is 9.37 Å². The first-order valence-electron chi connectivity index (χ1n) is 6.43. The fraction of sp³-hybridized carbons (Fsp3) is 0.357. The monoisotopic (exact) mass is 323 g/mol. The van der Waals surface area contributed by atoms with Crippen LogP contribution in [0.2, 0.25) is 0 Å². The lowest BCUT2D eigenvalue weighted by Crippen LogP contribution is -2.28. The van der Waals surface area contributed by atoms with Gasteiger partial charge in [0, 0.05) is 26.1 Å². The van der Waals surface area contributed by atoms with Crippen molar-refractivity contribution in [3.8, 4) is 0 Å². The first-order chi connectivity index (χ1) is 9.24. The van der Waals surface area contributed by atoms with Crippen LogP contribution in [-0.4, -0.2) is 16.1 Å². The molecule has 0 amide bonds. The largest absolute Gasteiger partial charge is 0.329 e. The van der Waals surface area contributed by atoms with Crippen LogP contribution in [0.4, 0.5) is 4.39 Å². The van der Waals surface area contributed by atoms with Crippen molar-refractivity contribution in [3.05, 3.63) is 51.8 Å². The number of hydrogen-bond donors (Lipinski definition) is 1. The Hall–Kier alpha value is -1.20. The van der Waals surface area contributed by atoms with E-state index in [4.69, 9.17) is 0 Å². The maximum atomic E-state index is 12.8. The first kappa shape index (κ1) is 12.8. The van der Waals surface area contributed by atoms with Crippen molar-refractivity contribution in [1.29, 1.82) is 0 Å². The summed E-state index contributed by atoms with van der Waals surface area (Å²) in [6, 6.07) is 6.70. The van der Waals surface area contributed by atoms with Crippen molar-refractivity contribution in [3.63, 3.8) is 0 Å². The van der Waals surface area contributed by atoms with Crippen LogP contribution in [0.3, 0.4) is 0 Å². The second-order valence-corrected chi connectivity index (χ2v) is 5.47. The Morgan fingerprint density at radius 2 is 2.05 bits per heavy atom. The number of nitrogens with one attached hydrogen (secondary N) is 1. The molecule has 1 aliphatic rings. The minimum atomic E-state index is -0.184. The minimum absolute atomic E-state index is 0.184. The van der Waals surface area contributed by atoms with Gasteiger partial charge >= 0.3 is 0 Å². The zero-order valence-corrected chi connectivity index (χ0v) is 12.1. The van der Waals surface area contributed by atoms with E-state index in [0.717, 1.165) is 48.5 Å². The Kier molecular flexibility index (Phi) is 3.66. The zero-order valence-electron chi connectivity index (χ0n) is 10.5. The Bertz CT molecular complexity index is 577. The fourth-order valence-electron chi connectivity index (χ4n) is 2.43. The number of halogens is 2.